The van der Waals surface area contributed by atoms with Crippen LogP contribution in [0, 0.1) is 0 Å². The highest BCUT2D eigenvalue weighted by atomic mass is 16.3. The number of aryl methyl sites for hydroxylation is 2. The van der Waals surface area contributed by atoms with Crippen LogP contribution < -0.4 is 0 Å². The Labute approximate surface area is 89.4 Å². The number of hydrogen-bond acceptors (Lipinski definition) is 1. The average Bonchev–Trinajstić information content (AvgIpc) is 2.65. The summed E-state index contributed by atoms with van der Waals surface area (Å²) in [5.74, 6) is 0. The smallest absolute Gasteiger partial charge is 0.0764 e. The van der Waals surface area contributed by atoms with Crippen molar-refractivity contribution in [1.29, 1.82) is 0 Å². The third-order valence-electron chi connectivity index (χ3n) is 3.37. The van der Waals surface area contributed by atoms with E-state index < -0.39 is 0 Å². The van der Waals surface area contributed by atoms with Crippen LogP contribution in [-0.4, -0.2) is 5.11 Å². The van der Waals surface area contributed by atoms with Gasteiger partial charge in [-0.05, 0) is 47.2 Å². The number of aliphatic hydroxyl groups excluding tert-OH is 1. The lowest BCUT2D eigenvalue weighted by Crippen LogP contribution is -1.96. The predicted molar refractivity (Wildman–Crippen MR) is 62.0 cm³/mol. The minimum absolute atomic E-state index is 0.351. The summed E-state index contributed by atoms with van der Waals surface area (Å²) in [5.41, 5.74) is 3.90. The fraction of sp³-hybridized carbons (Fsp3) is 0.286. The van der Waals surface area contributed by atoms with Crippen LogP contribution in [0.5, 0.6) is 0 Å². The highest BCUT2D eigenvalue weighted by Crippen LogP contribution is 2.35. The summed E-state index contributed by atoms with van der Waals surface area (Å²) >= 11 is 0. The van der Waals surface area contributed by atoms with Crippen molar-refractivity contribution in [1.82, 2.24) is 0 Å². The third kappa shape index (κ3) is 1.20. The molecule has 0 saturated heterocycles. The first-order valence-corrected chi connectivity index (χ1v) is 5.49. The molecule has 1 heteroatoms. The minimum Gasteiger partial charge on any atom is -0.389 e. The summed E-state index contributed by atoms with van der Waals surface area (Å²) in [6.45, 7) is 1.85. The van der Waals surface area contributed by atoms with Gasteiger partial charge in [0.25, 0.3) is 0 Å². The maximum Gasteiger partial charge on any atom is 0.0764 e. The summed E-state index contributed by atoms with van der Waals surface area (Å²) in [6, 6.07) is 10.7. The molecule has 1 aliphatic carbocycles. The van der Waals surface area contributed by atoms with Gasteiger partial charge < -0.3 is 5.11 Å². The van der Waals surface area contributed by atoms with E-state index in [0.29, 0.717) is 0 Å². The van der Waals surface area contributed by atoms with E-state index in [1.54, 1.807) is 0 Å². The van der Waals surface area contributed by atoms with Crippen LogP contribution in [0.2, 0.25) is 0 Å². The first-order chi connectivity index (χ1) is 7.27. The standard InChI is InChI=1S/C14H14O/c1-9(15)12-7-5-10-3-2-4-11-6-8-13(12)14(10)11/h2-5,7,9,15H,6,8H2,1H3. The van der Waals surface area contributed by atoms with Crippen molar-refractivity contribution in [3.8, 4) is 0 Å². The van der Waals surface area contributed by atoms with Crippen LogP contribution in [0.25, 0.3) is 10.8 Å². The Morgan fingerprint density at radius 1 is 1.13 bits per heavy atom. The van der Waals surface area contributed by atoms with Gasteiger partial charge in [0.1, 0.15) is 0 Å². The Hall–Kier alpha value is -1.34. The number of hydrogen-bond donors (Lipinski definition) is 1. The summed E-state index contributed by atoms with van der Waals surface area (Å²) < 4.78 is 0. The lowest BCUT2D eigenvalue weighted by atomic mass is 9.97. The van der Waals surface area contributed by atoms with E-state index >= 15 is 0 Å². The Morgan fingerprint density at radius 3 is 2.80 bits per heavy atom. The molecule has 15 heavy (non-hydrogen) atoms. The van der Waals surface area contributed by atoms with E-state index in [4.69, 9.17) is 0 Å². The van der Waals surface area contributed by atoms with Crippen molar-refractivity contribution in [2.24, 2.45) is 0 Å². The molecule has 2 aromatic carbocycles. The molecule has 0 heterocycles. The molecule has 1 atom stereocenters. The fourth-order valence-corrected chi connectivity index (χ4v) is 2.68. The van der Waals surface area contributed by atoms with Gasteiger partial charge in [0, 0.05) is 0 Å². The normalized spacial score (nSPS) is 15.9. The van der Waals surface area contributed by atoms with E-state index in [9.17, 15) is 5.11 Å². The second-order valence-electron chi connectivity index (χ2n) is 4.32. The second-order valence-corrected chi connectivity index (χ2v) is 4.32. The molecule has 2 aromatic rings. The molecule has 0 aliphatic heterocycles. The fourth-order valence-electron chi connectivity index (χ4n) is 2.68. The van der Waals surface area contributed by atoms with Gasteiger partial charge in [-0.2, -0.15) is 0 Å². The summed E-state index contributed by atoms with van der Waals surface area (Å²) in [5, 5.41) is 12.4. The molecule has 0 bridgehead atoms. The zero-order valence-electron chi connectivity index (χ0n) is 8.83. The van der Waals surface area contributed by atoms with Gasteiger partial charge in [0.05, 0.1) is 6.10 Å². The van der Waals surface area contributed by atoms with Gasteiger partial charge in [-0.1, -0.05) is 30.3 Å². The first kappa shape index (κ1) is 8.93. The number of aliphatic hydroxyl groups is 1. The lowest BCUT2D eigenvalue weighted by Gasteiger charge is -2.11. The Kier molecular flexibility index (Phi) is 1.83. The molecule has 0 saturated carbocycles. The zero-order chi connectivity index (χ0) is 10.4. The van der Waals surface area contributed by atoms with Gasteiger partial charge >= 0.3 is 0 Å². The zero-order valence-corrected chi connectivity index (χ0v) is 8.83. The Morgan fingerprint density at radius 2 is 2.00 bits per heavy atom. The van der Waals surface area contributed by atoms with E-state index in [-0.39, 0.29) is 6.10 Å². The van der Waals surface area contributed by atoms with Crippen molar-refractivity contribution >= 4 is 10.8 Å². The molecule has 0 spiro atoms. The van der Waals surface area contributed by atoms with Crippen molar-refractivity contribution in [3.63, 3.8) is 0 Å². The van der Waals surface area contributed by atoms with Gasteiger partial charge in [-0.25, -0.2) is 0 Å². The van der Waals surface area contributed by atoms with Gasteiger partial charge in [0.2, 0.25) is 0 Å². The van der Waals surface area contributed by atoms with Gasteiger partial charge in [0.15, 0.2) is 0 Å². The maximum atomic E-state index is 9.72. The van der Waals surface area contributed by atoms with Crippen LogP contribution in [0.4, 0.5) is 0 Å². The topological polar surface area (TPSA) is 20.2 Å². The van der Waals surface area contributed by atoms with E-state index in [1.807, 2.05) is 6.92 Å². The molecule has 1 unspecified atom stereocenters. The highest BCUT2D eigenvalue weighted by Gasteiger charge is 2.18. The molecule has 1 nitrogen and oxygen atoms in total. The van der Waals surface area contributed by atoms with Crippen LogP contribution in [-0.2, 0) is 12.8 Å². The van der Waals surface area contributed by atoms with Crippen molar-refractivity contribution in [3.05, 3.63) is 47.0 Å². The molecule has 1 aliphatic rings. The SMILES string of the molecule is CC(O)c1ccc2cccc3c2c1CC3. The first-order valence-electron chi connectivity index (χ1n) is 5.49. The van der Waals surface area contributed by atoms with E-state index in [0.717, 1.165) is 18.4 Å². The molecular formula is C14H14O. The van der Waals surface area contributed by atoms with Crippen molar-refractivity contribution in [2.75, 3.05) is 0 Å². The summed E-state index contributed by atoms with van der Waals surface area (Å²) in [6.07, 6.45) is 1.85. The summed E-state index contributed by atoms with van der Waals surface area (Å²) in [7, 11) is 0. The molecular weight excluding hydrogens is 184 g/mol. The van der Waals surface area contributed by atoms with Crippen LogP contribution >= 0.6 is 0 Å². The van der Waals surface area contributed by atoms with Gasteiger partial charge in [-0.15, -0.1) is 0 Å². The monoisotopic (exact) mass is 198 g/mol. The molecule has 3 rings (SSSR count). The van der Waals surface area contributed by atoms with E-state index in [2.05, 4.69) is 30.3 Å². The maximum absolute atomic E-state index is 9.72. The van der Waals surface area contributed by atoms with Crippen LogP contribution in [0.3, 0.4) is 0 Å². The van der Waals surface area contributed by atoms with Gasteiger partial charge in [-0.3, -0.25) is 0 Å². The van der Waals surface area contributed by atoms with E-state index in [1.165, 1.54) is 21.9 Å². The highest BCUT2D eigenvalue weighted by molar-refractivity contribution is 5.91. The second kappa shape index (κ2) is 3.07. The molecule has 1 N–H and O–H groups in total. The minimum atomic E-state index is -0.351. The molecule has 0 amide bonds. The quantitative estimate of drug-likeness (QED) is 0.746. The molecule has 0 radical (unpaired) electrons. The Balaban J connectivity index is 2.40. The number of rotatable bonds is 1. The van der Waals surface area contributed by atoms with Crippen LogP contribution in [0.1, 0.15) is 29.7 Å². The molecule has 0 fully saturated rings. The average molecular weight is 198 g/mol. The largest absolute Gasteiger partial charge is 0.389 e. The van der Waals surface area contributed by atoms with Crippen molar-refractivity contribution in [2.45, 2.75) is 25.9 Å². The lowest BCUT2D eigenvalue weighted by molar-refractivity contribution is 0.198. The Bertz CT molecular complexity index is 526. The summed E-state index contributed by atoms with van der Waals surface area (Å²) in [4.78, 5) is 0. The van der Waals surface area contributed by atoms with Crippen molar-refractivity contribution < 1.29 is 5.11 Å². The molecule has 76 valence electrons. The molecule has 0 aromatic heterocycles. The van der Waals surface area contributed by atoms with Crippen LogP contribution in [0.15, 0.2) is 30.3 Å². The third-order valence-corrected chi connectivity index (χ3v) is 3.37. The number of benzene rings is 2. The predicted octanol–water partition coefficient (Wildman–Crippen LogP) is 2.99.